The molecule has 1 aliphatic rings. The summed E-state index contributed by atoms with van der Waals surface area (Å²) in [4.78, 5) is 15.2. The van der Waals surface area contributed by atoms with Crippen LogP contribution in [0.3, 0.4) is 0 Å². The van der Waals surface area contributed by atoms with Crippen LogP contribution in [0.1, 0.15) is 26.7 Å². The molecule has 7 nitrogen and oxygen atoms in total. The van der Waals surface area contributed by atoms with Gasteiger partial charge in [0.2, 0.25) is 5.91 Å². The second-order valence-electron chi connectivity index (χ2n) is 4.88. The highest BCUT2D eigenvalue weighted by atomic mass is 127. The Morgan fingerprint density at radius 2 is 2.09 bits per heavy atom. The summed E-state index contributed by atoms with van der Waals surface area (Å²) in [7, 11) is 0. The van der Waals surface area contributed by atoms with Crippen LogP contribution in [0.2, 0.25) is 0 Å². The summed E-state index contributed by atoms with van der Waals surface area (Å²) in [6, 6.07) is 0. The first-order valence-electron chi connectivity index (χ1n) is 7.68. The maximum Gasteiger partial charge on any atom is 0.216 e. The lowest BCUT2D eigenvalue weighted by Gasteiger charge is -2.12. The first-order valence-corrected chi connectivity index (χ1v) is 7.68. The molecule has 1 unspecified atom stereocenters. The summed E-state index contributed by atoms with van der Waals surface area (Å²) in [5.74, 6) is 0.749. The van der Waals surface area contributed by atoms with Gasteiger partial charge in [0.05, 0.1) is 12.7 Å². The van der Waals surface area contributed by atoms with Crippen LogP contribution in [0.4, 0.5) is 0 Å². The van der Waals surface area contributed by atoms with E-state index in [1.807, 2.05) is 6.92 Å². The first-order chi connectivity index (χ1) is 10.2. The maximum atomic E-state index is 10.8. The molecule has 1 atom stereocenters. The quantitative estimate of drug-likeness (QED) is 0.216. The Bertz CT molecular complexity index is 323. The molecule has 1 amide bonds. The number of guanidine groups is 1. The van der Waals surface area contributed by atoms with E-state index in [9.17, 15) is 4.79 Å². The predicted octanol–water partition coefficient (Wildman–Crippen LogP) is 0.491. The Kier molecular flexibility index (Phi) is 13.6. The number of rotatable bonds is 9. The zero-order valence-corrected chi connectivity index (χ0v) is 15.9. The zero-order valence-electron chi connectivity index (χ0n) is 13.5. The van der Waals surface area contributed by atoms with Crippen LogP contribution in [0.25, 0.3) is 0 Å². The number of nitrogens with zero attached hydrogens (tertiary/aromatic N) is 1. The van der Waals surface area contributed by atoms with Gasteiger partial charge in [0, 0.05) is 46.3 Å². The normalized spacial score (nSPS) is 17.7. The van der Waals surface area contributed by atoms with E-state index in [-0.39, 0.29) is 36.0 Å². The molecular weight excluding hydrogens is 399 g/mol. The third-order valence-corrected chi connectivity index (χ3v) is 2.95. The van der Waals surface area contributed by atoms with Gasteiger partial charge in [-0.15, -0.1) is 24.0 Å². The van der Waals surface area contributed by atoms with Crippen molar-refractivity contribution in [3.05, 3.63) is 0 Å². The Morgan fingerprint density at radius 3 is 2.73 bits per heavy atom. The molecule has 1 aliphatic heterocycles. The van der Waals surface area contributed by atoms with Crippen LogP contribution in [0.5, 0.6) is 0 Å². The van der Waals surface area contributed by atoms with Gasteiger partial charge in [0.25, 0.3) is 0 Å². The predicted molar refractivity (Wildman–Crippen MR) is 97.9 cm³/mol. The van der Waals surface area contributed by atoms with E-state index >= 15 is 0 Å². The zero-order chi connectivity index (χ0) is 15.3. The Hall–Kier alpha value is -0.610. The number of carbonyl (C=O) groups is 1. The summed E-state index contributed by atoms with van der Waals surface area (Å²) < 4.78 is 10.9. The molecule has 22 heavy (non-hydrogen) atoms. The third kappa shape index (κ3) is 11.0. The number of halogens is 1. The van der Waals surface area contributed by atoms with Gasteiger partial charge < -0.3 is 25.4 Å². The van der Waals surface area contributed by atoms with E-state index in [0.717, 1.165) is 38.6 Å². The number of carbonyl (C=O) groups excluding carboxylic acids is 1. The second-order valence-corrected chi connectivity index (χ2v) is 4.88. The summed E-state index contributed by atoms with van der Waals surface area (Å²) >= 11 is 0. The van der Waals surface area contributed by atoms with Crippen molar-refractivity contribution in [2.24, 2.45) is 4.99 Å². The topological polar surface area (TPSA) is 84.0 Å². The van der Waals surface area contributed by atoms with E-state index in [0.29, 0.717) is 26.2 Å². The van der Waals surface area contributed by atoms with Gasteiger partial charge >= 0.3 is 0 Å². The van der Waals surface area contributed by atoms with Gasteiger partial charge in [-0.05, 0) is 19.8 Å². The number of aliphatic imine (C=N–C) groups is 1. The van der Waals surface area contributed by atoms with Gasteiger partial charge in [-0.2, -0.15) is 0 Å². The minimum absolute atomic E-state index is 0. The average Bonchev–Trinajstić information content (AvgIpc) is 2.96. The van der Waals surface area contributed by atoms with Gasteiger partial charge in [-0.25, -0.2) is 0 Å². The number of amides is 1. The lowest BCUT2D eigenvalue weighted by molar-refractivity contribution is -0.118. The Labute approximate surface area is 150 Å². The molecule has 1 fully saturated rings. The average molecular weight is 428 g/mol. The van der Waals surface area contributed by atoms with Gasteiger partial charge in [-0.3, -0.25) is 9.79 Å². The van der Waals surface area contributed by atoms with E-state index in [2.05, 4.69) is 20.9 Å². The molecule has 3 N–H and O–H groups in total. The SMILES string of the molecule is CCNC(=NCCCOC1CCOC1)NCCNC(C)=O.I. The highest BCUT2D eigenvalue weighted by molar-refractivity contribution is 14.0. The fraction of sp³-hybridized carbons (Fsp3) is 0.857. The molecule has 1 rings (SSSR count). The van der Waals surface area contributed by atoms with Crippen LogP contribution in [-0.2, 0) is 14.3 Å². The van der Waals surface area contributed by atoms with Gasteiger partial charge in [-0.1, -0.05) is 0 Å². The van der Waals surface area contributed by atoms with Gasteiger partial charge in [0.1, 0.15) is 0 Å². The molecule has 0 radical (unpaired) electrons. The van der Waals surface area contributed by atoms with Crippen LogP contribution in [-0.4, -0.2) is 64.0 Å². The molecular formula is C14H29IN4O3. The molecule has 0 aliphatic carbocycles. The Balaban J connectivity index is 0.00000441. The number of hydrogen-bond acceptors (Lipinski definition) is 4. The van der Waals surface area contributed by atoms with Crippen molar-refractivity contribution in [3.8, 4) is 0 Å². The number of ether oxygens (including phenoxy) is 2. The molecule has 8 heteroatoms. The standard InChI is InChI=1S/C14H28N4O3.HI/c1-3-15-14(18-8-7-16-12(2)19)17-6-4-9-21-13-5-10-20-11-13;/h13H,3-11H2,1-2H3,(H,16,19)(H2,15,17,18);1H. The van der Waals surface area contributed by atoms with Crippen molar-refractivity contribution in [1.82, 2.24) is 16.0 Å². The molecule has 0 spiro atoms. The molecule has 0 aromatic carbocycles. The minimum atomic E-state index is -0.0215. The van der Waals surface area contributed by atoms with E-state index in [1.165, 1.54) is 6.92 Å². The smallest absolute Gasteiger partial charge is 0.216 e. The van der Waals surface area contributed by atoms with Crippen molar-refractivity contribution in [2.75, 3.05) is 46.0 Å². The van der Waals surface area contributed by atoms with Crippen LogP contribution < -0.4 is 16.0 Å². The number of nitrogens with one attached hydrogen (secondary N) is 3. The van der Waals surface area contributed by atoms with Crippen molar-refractivity contribution >= 4 is 35.8 Å². The molecule has 0 bridgehead atoms. The molecule has 1 saturated heterocycles. The van der Waals surface area contributed by atoms with E-state index < -0.39 is 0 Å². The molecule has 0 aromatic heterocycles. The lowest BCUT2D eigenvalue weighted by Crippen LogP contribution is -2.41. The fourth-order valence-corrected chi connectivity index (χ4v) is 1.91. The third-order valence-electron chi connectivity index (χ3n) is 2.95. The lowest BCUT2D eigenvalue weighted by atomic mass is 10.3. The van der Waals surface area contributed by atoms with Crippen molar-refractivity contribution in [1.29, 1.82) is 0 Å². The van der Waals surface area contributed by atoms with Crippen molar-refractivity contribution in [3.63, 3.8) is 0 Å². The molecule has 0 aromatic rings. The molecule has 130 valence electrons. The molecule has 1 heterocycles. The van der Waals surface area contributed by atoms with Crippen molar-refractivity contribution < 1.29 is 14.3 Å². The summed E-state index contributed by atoms with van der Waals surface area (Å²) in [6.07, 6.45) is 2.15. The van der Waals surface area contributed by atoms with E-state index in [1.54, 1.807) is 0 Å². The summed E-state index contributed by atoms with van der Waals surface area (Å²) in [5, 5.41) is 9.07. The highest BCUT2D eigenvalue weighted by Crippen LogP contribution is 2.07. The summed E-state index contributed by atoms with van der Waals surface area (Å²) in [6.45, 7) is 8.53. The molecule has 0 saturated carbocycles. The number of hydrogen-bond donors (Lipinski definition) is 3. The van der Waals surface area contributed by atoms with Crippen molar-refractivity contribution in [2.45, 2.75) is 32.8 Å². The fourth-order valence-electron chi connectivity index (χ4n) is 1.91. The summed E-state index contributed by atoms with van der Waals surface area (Å²) in [5.41, 5.74) is 0. The second kappa shape index (κ2) is 14.0. The van der Waals surface area contributed by atoms with E-state index in [4.69, 9.17) is 9.47 Å². The first kappa shape index (κ1) is 21.4. The van der Waals surface area contributed by atoms with Crippen LogP contribution in [0, 0.1) is 0 Å². The highest BCUT2D eigenvalue weighted by Gasteiger charge is 2.15. The van der Waals surface area contributed by atoms with Gasteiger partial charge in [0.15, 0.2) is 5.96 Å². The largest absolute Gasteiger partial charge is 0.379 e. The minimum Gasteiger partial charge on any atom is -0.379 e. The monoisotopic (exact) mass is 428 g/mol. The Morgan fingerprint density at radius 1 is 1.32 bits per heavy atom. The van der Waals surface area contributed by atoms with Crippen LogP contribution >= 0.6 is 24.0 Å². The maximum absolute atomic E-state index is 10.8. The van der Waals surface area contributed by atoms with Crippen LogP contribution in [0.15, 0.2) is 4.99 Å².